The minimum Gasteiger partial charge on any atom is -0.387 e. The number of aliphatic hydroxyl groups is 2. The fourth-order valence-corrected chi connectivity index (χ4v) is 2.37. The van der Waals surface area contributed by atoms with Gasteiger partial charge in [0.2, 0.25) is 11.5 Å². The third kappa shape index (κ3) is 4.18. The molecule has 0 saturated carbocycles. The van der Waals surface area contributed by atoms with Gasteiger partial charge in [-0.3, -0.25) is 4.79 Å². The maximum Gasteiger partial charge on any atom is 0.425 e. The highest BCUT2D eigenvalue weighted by Crippen LogP contribution is 2.40. The Morgan fingerprint density at radius 2 is 1.96 bits per heavy atom. The summed E-state index contributed by atoms with van der Waals surface area (Å²) in [6.45, 7) is -0.280. The Kier molecular flexibility index (Phi) is 5.48. The van der Waals surface area contributed by atoms with Crippen molar-refractivity contribution in [3.63, 3.8) is 0 Å². The number of benzene rings is 1. The summed E-state index contributed by atoms with van der Waals surface area (Å²) in [7, 11) is 1.29. The average Bonchev–Trinajstić information content (AvgIpc) is 2.99. The first-order chi connectivity index (χ1) is 11.6. The van der Waals surface area contributed by atoms with Crippen LogP contribution in [0.2, 0.25) is 0 Å². The van der Waals surface area contributed by atoms with E-state index in [2.05, 4.69) is 10.3 Å². The number of imidazole rings is 1. The molecule has 2 rings (SSSR count). The van der Waals surface area contributed by atoms with E-state index >= 15 is 0 Å². The van der Waals surface area contributed by atoms with Gasteiger partial charge >= 0.3 is 6.18 Å². The second-order valence-electron chi connectivity index (χ2n) is 5.63. The predicted octanol–water partition coefficient (Wildman–Crippen LogP) is 1.41. The number of carbonyl (C=O) groups excluding carboxylic acids is 1. The van der Waals surface area contributed by atoms with Crippen LogP contribution in [0.4, 0.5) is 13.2 Å². The lowest BCUT2D eigenvalue weighted by molar-refractivity contribution is -0.271. The van der Waals surface area contributed by atoms with Crippen LogP contribution in [0.25, 0.3) is 0 Å². The van der Waals surface area contributed by atoms with E-state index in [4.69, 9.17) is 0 Å². The highest BCUT2D eigenvalue weighted by Gasteiger charge is 2.58. The first-order valence-corrected chi connectivity index (χ1v) is 7.42. The van der Waals surface area contributed by atoms with Crippen molar-refractivity contribution in [2.75, 3.05) is 6.54 Å². The van der Waals surface area contributed by atoms with Crippen LogP contribution < -0.4 is 5.32 Å². The molecule has 2 unspecified atom stereocenters. The standard InChI is InChI=1S/C16H18F3N3O3/c1-22-8-7-20-14(22)15(25,16(17,18)19)9-13(24)21-10-12(23)11-5-3-2-4-6-11/h2-8,12,23,25H,9-10H2,1H3,(H,21,24). The minimum atomic E-state index is -5.10. The fraction of sp³-hybridized carbons (Fsp3) is 0.375. The fourth-order valence-electron chi connectivity index (χ4n) is 2.37. The summed E-state index contributed by atoms with van der Waals surface area (Å²) in [6.07, 6.45) is -5.09. The minimum absolute atomic E-state index is 0.280. The van der Waals surface area contributed by atoms with Crippen LogP contribution in [-0.2, 0) is 17.4 Å². The molecular weight excluding hydrogens is 339 g/mol. The van der Waals surface area contributed by atoms with Crippen molar-refractivity contribution < 1.29 is 28.2 Å². The van der Waals surface area contributed by atoms with E-state index in [1.54, 1.807) is 30.3 Å². The molecule has 2 atom stereocenters. The summed E-state index contributed by atoms with van der Waals surface area (Å²) in [6, 6.07) is 8.35. The Balaban J connectivity index is 2.07. The Labute approximate surface area is 141 Å². The predicted molar refractivity (Wildman–Crippen MR) is 82.2 cm³/mol. The molecule has 25 heavy (non-hydrogen) atoms. The Hall–Kier alpha value is -2.39. The van der Waals surface area contributed by atoms with Crippen molar-refractivity contribution in [1.82, 2.24) is 14.9 Å². The highest BCUT2D eigenvalue weighted by molar-refractivity contribution is 5.77. The zero-order valence-corrected chi connectivity index (χ0v) is 13.4. The van der Waals surface area contributed by atoms with Crippen molar-refractivity contribution >= 4 is 5.91 Å². The van der Waals surface area contributed by atoms with Gasteiger partial charge in [-0.2, -0.15) is 13.2 Å². The number of alkyl halides is 3. The van der Waals surface area contributed by atoms with Gasteiger partial charge < -0.3 is 20.1 Å². The van der Waals surface area contributed by atoms with E-state index in [1.807, 2.05) is 0 Å². The molecule has 1 amide bonds. The monoisotopic (exact) mass is 357 g/mol. The zero-order chi connectivity index (χ0) is 18.7. The van der Waals surface area contributed by atoms with Crippen LogP contribution in [0.3, 0.4) is 0 Å². The van der Waals surface area contributed by atoms with Gasteiger partial charge in [0.15, 0.2) is 5.82 Å². The Morgan fingerprint density at radius 3 is 2.48 bits per heavy atom. The topological polar surface area (TPSA) is 87.4 Å². The van der Waals surface area contributed by atoms with Gasteiger partial charge in [-0.25, -0.2) is 4.98 Å². The van der Waals surface area contributed by atoms with Crippen LogP contribution in [0.5, 0.6) is 0 Å². The number of hydrogen-bond acceptors (Lipinski definition) is 4. The van der Waals surface area contributed by atoms with Gasteiger partial charge in [0.05, 0.1) is 12.5 Å². The van der Waals surface area contributed by atoms with E-state index in [-0.39, 0.29) is 6.54 Å². The summed E-state index contributed by atoms with van der Waals surface area (Å²) in [5.74, 6) is -1.74. The largest absolute Gasteiger partial charge is 0.425 e. The smallest absolute Gasteiger partial charge is 0.387 e. The first-order valence-electron chi connectivity index (χ1n) is 7.42. The second kappa shape index (κ2) is 7.24. The third-order valence-electron chi connectivity index (χ3n) is 3.75. The van der Waals surface area contributed by atoms with Crippen LogP contribution in [0.1, 0.15) is 23.9 Å². The van der Waals surface area contributed by atoms with Crippen LogP contribution >= 0.6 is 0 Å². The molecule has 9 heteroatoms. The molecule has 6 nitrogen and oxygen atoms in total. The quantitative estimate of drug-likeness (QED) is 0.730. The lowest BCUT2D eigenvalue weighted by atomic mass is 9.97. The second-order valence-corrected chi connectivity index (χ2v) is 5.63. The van der Waals surface area contributed by atoms with E-state index < -0.39 is 36.0 Å². The number of aromatic nitrogens is 2. The molecule has 0 saturated heterocycles. The molecule has 0 bridgehead atoms. The van der Waals surface area contributed by atoms with Gasteiger partial charge in [-0.05, 0) is 5.56 Å². The Morgan fingerprint density at radius 1 is 1.32 bits per heavy atom. The molecule has 1 heterocycles. The number of nitrogens with zero attached hydrogens (tertiary/aromatic N) is 2. The lowest BCUT2D eigenvalue weighted by Gasteiger charge is -2.29. The number of aryl methyl sites for hydroxylation is 1. The van der Waals surface area contributed by atoms with Gasteiger partial charge in [-0.15, -0.1) is 0 Å². The van der Waals surface area contributed by atoms with Crippen LogP contribution in [0.15, 0.2) is 42.7 Å². The molecule has 0 aliphatic heterocycles. The van der Waals surface area contributed by atoms with Gasteiger partial charge in [0.25, 0.3) is 0 Å². The molecule has 0 spiro atoms. The number of rotatable bonds is 6. The van der Waals surface area contributed by atoms with Gasteiger partial charge in [0, 0.05) is 26.0 Å². The molecule has 0 radical (unpaired) electrons. The molecule has 0 fully saturated rings. The zero-order valence-electron chi connectivity index (χ0n) is 13.4. The molecule has 0 aliphatic carbocycles. The highest BCUT2D eigenvalue weighted by atomic mass is 19.4. The maximum absolute atomic E-state index is 13.3. The number of hydrogen-bond donors (Lipinski definition) is 3. The van der Waals surface area contributed by atoms with Crippen molar-refractivity contribution in [2.24, 2.45) is 7.05 Å². The van der Waals surface area contributed by atoms with E-state index in [1.165, 1.54) is 13.2 Å². The molecule has 3 N–H and O–H groups in total. The third-order valence-corrected chi connectivity index (χ3v) is 3.75. The van der Waals surface area contributed by atoms with E-state index in [0.29, 0.717) is 5.56 Å². The summed E-state index contributed by atoms with van der Waals surface area (Å²) in [4.78, 5) is 15.4. The SMILES string of the molecule is Cn1ccnc1C(O)(CC(=O)NCC(O)c1ccccc1)C(F)(F)F. The lowest BCUT2D eigenvalue weighted by Crippen LogP contribution is -2.48. The molecule has 136 valence electrons. The summed E-state index contributed by atoms with van der Waals surface area (Å²) in [5.41, 5.74) is -2.91. The Bertz CT molecular complexity index is 718. The van der Waals surface area contributed by atoms with Crippen molar-refractivity contribution in [3.05, 3.63) is 54.1 Å². The number of nitrogens with one attached hydrogen (secondary N) is 1. The van der Waals surface area contributed by atoms with E-state index in [9.17, 15) is 28.2 Å². The molecule has 1 aromatic heterocycles. The van der Waals surface area contributed by atoms with Gasteiger partial charge in [0.1, 0.15) is 0 Å². The normalized spacial score (nSPS) is 15.4. The summed E-state index contributed by atoms with van der Waals surface area (Å²) < 4.78 is 41.0. The number of amides is 1. The number of aliphatic hydroxyl groups excluding tert-OH is 1. The summed E-state index contributed by atoms with van der Waals surface area (Å²) >= 11 is 0. The molecular formula is C16H18F3N3O3. The summed E-state index contributed by atoms with van der Waals surface area (Å²) in [5, 5.41) is 22.3. The molecule has 1 aromatic carbocycles. The van der Waals surface area contributed by atoms with Crippen molar-refractivity contribution in [2.45, 2.75) is 24.3 Å². The first kappa shape index (κ1) is 18.9. The average molecular weight is 357 g/mol. The van der Waals surface area contributed by atoms with Crippen LogP contribution in [-0.4, -0.2) is 38.4 Å². The van der Waals surface area contributed by atoms with Crippen LogP contribution in [0, 0.1) is 0 Å². The van der Waals surface area contributed by atoms with Crippen molar-refractivity contribution in [3.8, 4) is 0 Å². The number of carbonyl (C=O) groups is 1. The molecule has 0 aliphatic rings. The van der Waals surface area contributed by atoms with Crippen molar-refractivity contribution in [1.29, 1.82) is 0 Å². The maximum atomic E-state index is 13.3. The number of halogens is 3. The molecule has 2 aromatic rings. The van der Waals surface area contributed by atoms with Gasteiger partial charge in [-0.1, -0.05) is 30.3 Å². The van der Waals surface area contributed by atoms with E-state index in [0.717, 1.165) is 10.8 Å².